The molecule has 1 spiro atoms. The van der Waals surface area contributed by atoms with Crippen LogP contribution in [0.5, 0.6) is 0 Å². The number of benzene rings is 1. The number of ether oxygens (including phenoxy) is 2. The van der Waals surface area contributed by atoms with Crippen LogP contribution in [0.2, 0.25) is 0 Å². The Hall–Kier alpha value is -1.45. The molecule has 1 aromatic rings. The van der Waals surface area contributed by atoms with Gasteiger partial charge in [0.25, 0.3) is 0 Å². The van der Waals surface area contributed by atoms with Gasteiger partial charge in [0, 0.05) is 5.92 Å². The van der Waals surface area contributed by atoms with Crippen molar-refractivity contribution in [3.63, 3.8) is 0 Å². The Morgan fingerprint density at radius 2 is 1.68 bits per heavy atom. The second kappa shape index (κ2) is 4.02. The van der Waals surface area contributed by atoms with E-state index in [-0.39, 0.29) is 17.6 Å². The van der Waals surface area contributed by atoms with E-state index in [2.05, 4.69) is 12.1 Å². The molecule has 0 aromatic heterocycles. The highest BCUT2D eigenvalue weighted by Crippen LogP contribution is 2.55. The molecule has 1 saturated heterocycles. The summed E-state index contributed by atoms with van der Waals surface area (Å²) >= 11 is 0. The molecule has 0 N–H and O–H groups in total. The average Bonchev–Trinajstić information content (AvgIpc) is 3.01. The molecule has 3 aliphatic rings. The van der Waals surface area contributed by atoms with Gasteiger partial charge in [-0.1, -0.05) is 30.3 Å². The summed E-state index contributed by atoms with van der Waals surface area (Å²) in [6.45, 7) is 1.20. The molecule has 1 aliphatic heterocycles. The fourth-order valence-corrected chi connectivity index (χ4v) is 3.81. The van der Waals surface area contributed by atoms with Gasteiger partial charge >= 0.3 is 0 Å². The van der Waals surface area contributed by atoms with Crippen LogP contribution in [0.15, 0.2) is 36.4 Å². The van der Waals surface area contributed by atoms with E-state index >= 15 is 0 Å². The third-order valence-electron chi connectivity index (χ3n) is 4.58. The average molecular weight is 256 g/mol. The number of allylic oxidation sites excluding steroid dienone is 1. The normalized spacial score (nSPS) is 31.8. The summed E-state index contributed by atoms with van der Waals surface area (Å²) in [7, 11) is 0. The molecule has 1 aromatic carbocycles. The molecule has 3 heteroatoms. The number of carbonyl (C=O) groups excluding carboxylic acids is 1. The predicted molar refractivity (Wildman–Crippen MR) is 70.3 cm³/mol. The lowest BCUT2D eigenvalue weighted by atomic mass is 9.79. The van der Waals surface area contributed by atoms with Crippen LogP contribution in [0, 0.1) is 11.8 Å². The lowest BCUT2D eigenvalue weighted by molar-refractivity contribution is -0.199. The van der Waals surface area contributed by atoms with Gasteiger partial charge in [-0.25, -0.2) is 0 Å². The van der Waals surface area contributed by atoms with Crippen molar-refractivity contribution in [3.05, 3.63) is 42.0 Å². The van der Waals surface area contributed by atoms with Gasteiger partial charge in [-0.05, 0) is 30.1 Å². The van der Waals surface area contributed by atoms with Crippen LogP contribution in [0.25, 0.3) is 5.57 Å². The van der Waals surface area contributed by atoms with Crippen LogP contribution in [-0.2, 0) is 14.3 Å². The monoisotopic (exact) mass is 256 g/mol. The third-order valence-corrected chi connectivity index (χ3v) is 4.58. The lowest BCUT2D eigenvalue weighted by Gasteiger charge is -2.38. The van der Waals surface area contributed by atoms with Crippen molar-refractivity contribution in [3.8, 4) is 0 Å². The minimum absolute atomic E-state index is 0.104. The quantitative estimate of drug-likeness (QED) is 0.774. The van der Waals surface area contributed by atoms with Gasteiger partial charge in [-0.2, -0.15) is 0 Å². The van der Waals surface area contributed by atoms with Crippen molar-refractivity contribution in [2.45, 2.75) is 18.6 Å². The van der Waals surface area contributed by atoms with Gasteiger partial charge in [0.15, 0.2) is 11.6 Å². The van der Waals surface area contributed by atoms with Crippen LogP contribution in [-0.4, -0.2) is 24.8 Å². The summed E-state index contributed by atoms with van der Waals surface area (Å²) in [5.41, 5.74) is 2.20. The molecule has 0 amide bonds. The minimum atomic E-state index is -0.670. The summed E-state index contributed by atoms with van der Waals surface area (Å²) < 4.78 is 11.8. The van der Waals surface area contributed by atoms with E-state index < -0.39 is 5.79 Å². The van der Waals surface area contributed by atoms with E-state index in [1.807, 2.05) is 24.3 Å². The van der Waals surface area contributed by atoms with E-state index in [9.17, 15) is 4.79 Å². The Labute approximate surface area is 112 Å². The third kappa shape index (κ3) is 1.49. The van der Waals surface area contributed by atoms with Gasteiger partial charge in [-0.3, -0.25) is 4.79 Å². The molecule has 1 heterocycles. The first-order valence-electron chi connectivity index (χ1n) is 6.90. The van der Waals surface area contributed by atoms with Gasteiger partial charge < -0.3 is 9.47 Å². The van der Waals surface area contributed by atoms with Gasteiger partial charge in [0.2, 0.25) is 0 Å². The van der Waals surface area contributed by atoms with E-state index in [4.69, 9.17) is 9.47 Å². The molecule has 19 heavy (non-hydrogen) atoms. The highest BCUT2D eigenvalue weighted by Gasteiger charge is 2.60. The number of rotatable bonds is 1. The van der Waals surface area contributed by atoms with E-state index in [1.165, 1.54) is 0 Å². The smallest absolute Gasteiger partial charge is 0.185 e. The van der Waals surface area contributed by atoms with E-state index in [0.717, 1.165) is 24.0 Å². The summed E-state index contributed by atoms with van der Waals surface area (Å²) in [6.07, 6.45) is 3.65. The fourth-order valence-electron chi connectivity index (χ4n) is 3.81. The zero-order valence-electron chi connectivity index (χ0n) is 10.7. The lowest BCUT2D eigenvalue weighted by Crippen LogP contribution is -2.47. The SMILES string of the molecule is O=C1C=C(c2ccccc2)[C@H]2CC[C@@H]1C21OCCO1. The highest BCUT2D eigenvalue weighted by molar-refractivity contribution is 6.02. The highest BCUT2D eigenvalue weighted by atomic mass is 16.7. The van der Waals surface area contributed by atoms with Crippen molar-refractivity contribution in [2.24, 2.45) is 11.8 Å². The van der Waals surface area contributed by atoms with Crippen molar-refractivity contribution in [1.29, 1.82) is 0 Å². The molecular formula is C16H16O3. The van der Waals surface area contributed by atoms with Gasteiger partial charge in [-0.15, -0.1) is 0 Å². The van der Waals surface area contributed by atoms with Crippen molar-refractivity contribution in [1.82, 2.24) is 0 Å². The maximum absolute atomic E-state index is 12.4. The maximum atomic E-state index is 12.4. The number of carbonyl (C=O) groups is 1. The predicted octanol–water partition coefficient (Wildman–Crippen LogP) is 2.42. The second-order valence-corrected chi connectivity index (χ2v) is 5.47. The first-order chi connectivity index (χ1) is 9.31. The number of hydrogen-bond donors (Lipinski definition) is 0. The zero-order chi connectivity index (χ0) is 12.9. The first-order valence-corrected chi connectivity index (χ1v) is 6.90. The Balaban J connectivity index is 1.83. The van der Waals surface area contributed by atoms with Crippen LogP contribution < -0.4 is 0 Å². The largest absolute Gasteiger partial charge is 0.346 e. The Morgan fingerprint density at radius 3 is 2.42 bits per heavy atom. The molecule has 1 saturated carbocycles. The van der Waals surface area contributed by atoms with Crippen LogP contribution in [0.3, 0.4) is 0 Å². The van der Waals surface area contributed by atoms with E-state index in [0.29, 0.717) is 13.2 Å². The van der Waals surface area contributed by atoms with E-state index in [1.54, 1.807) is 0 Å². The second-order valence-electron chi connectivity index (χ2n) is 5.47. The maximum Gasteiger partial charge on any atom is 0.185 e. The zero-order valence-corrected chi connectivity index (χ0v) is 10.7. The molecule has 0 radical (unpaired) electrons. The molecule has 2 bridgehead atoms. The van der Waals surface area contributed by atoms with Crippen LogP contribution in [0.4, 0.5) is 0 Å². The Kier molecular flexibility index (Phi) is 2.41. The Bertz CT molecular complexity index is 540. The molecule has 2 fully saturated rings. The molecule has 3 nitrogen and oxygen atoms in total. The summed E-state index contributed by atoms with van der Waals surface area (Å²) in [4.78, 5) is 12.4. The molecule has 4 rings (SSSR count). The van der Waals surface area contributed by atoms with Crippen LogP contribution in [0.1, 0.15) is 18.4 Å². The first kappa shape index (κ1) is 11.4. The van der Waals surface area contributed by atoms with Crippen LogP contribution >= 0.6 is 0 Å². The molecule has 2 atom stereocenters. The summed E-state index contributed by atoms with van der Waals surface area (Å²) in [6, 6.07) is 10.1. The molecule has 2 aliphatic carbocycles. The van der Waals surface area contributed by atoms with Crippen molar-refractivity contribution >= 4 is 11.4 Å². The summed E-state index contributed by atoms with van der Waals surface area (Å²) in [5.74, 6) is -0.418. The van der Waals surface area contributed by atoms with Crippen molar-refractivity contribution < 1.29 is 14.3 Å². The summed E-state index contributed by atoms with van der Waals surface area (Å²) in [5, 5.41) is 0. The number of ketones is 1. The fraction of sp³-hybridized carbons (Fsp3) is 0.438. The van der Waals surface area contributed by atoms with Gasteiger partial charge in [0.1, 0.15) is 0 Å². The van der Waals surface area contributed by atoms with Gasteiger partial charge in [0.05, 0.1) is 19.1 Å². The Morgan fingerprint density at radius 1 is 1.00 bits per heavy atom. The topological polar surface area (TPSA) is 35.5 Å². The molecule has 0 unspecified atom stereocenters. The molecular weight excluding hydrogens is 240 g/mol. The minimum Gasteiger partial charge on any atom is -0.346 e. The standard InChI is InChI=1S/C16H16O3/c17-15-10-12(11-4-2-1-3-5-11)13-6-7-14(15)16(13)18-8-9-19-16/h1-5,10,13-14H,6-9H2/t13-,14+/m1/s1. The molecule has 98 valence electrons. The number of hydrogen-bond acceptors (Lipinski definition) is 3. The van der Waals surface area contributed by atoms with Crippen molar-refractivity contribution in [2.75, 3.05) is 13.2 Å².